The number of halogens is 1. The topological polar surface area (TPSA) is 58.8 Å². The van der Waals surface area contributed by atoms with Gasteiger partial charge in [-0.05, 0) is 42.4 Å². The highest BCUT2D eigenvalue weighted by molar-refractivity contribution is 5.85. The first-order valence-electron chi connectivity index (χ1n) is 10.3. The minimum Gasteiger partial charge on any atom is -0.497 e. The molecule has 2 atom stereocenters. The van der Waals surface area contributed by atoms with Crippen LogP contribution in [0.15, 0.2) is 24.3 Å². The molecule has 0 aromatic heterocycles. The minimum atomic E-state index is 0. The Kier molecular flexibility index (Phi) is 8.17. The maximum absolute atomic E-state index is 13.2. The van der Waals surface area contributed by atoms with E-state index < -0.39 is 0 Å². The third-order valence-corrected chi connectivity index (χ3v) is 6.32. The van der Waals surface area contributed by atoms with Crippen molar-refractivity contribution in [1.29, 1.82) is 0 Å². The van der Waals surface area contributed by atoms with E-state index in [1.165, 1.54) is 18.4 Å². The van der Waals surface area contributed by atoms with Crippen LogP contribution in [0.4, 0.5) is 0 Å². The Balaban J connectivity index is 0.00000280. The number of hydrogen-bond donors (Lipinski definition) is 1. The average Bonchev–Trinajstić information content (AvgIpc) is 2.90. The van der Waals surface area contributed by atoms with E-state index in [0.29, 0.717) is 6.54 Å². The van der Waals surface area contributed by atoms with Crippen LogP contribution in [0.2, 0.25) is 0 Å². The molecular weight excluding hydrogens is 374 g/mol. The molecule has 2 aliphatic heterocycles. The summed E-state index contributed by atoms with van der Waals surface area (Å²) in [6.07, 6.45) is 5.46. The first-order valence-corrected chi connectivity index (χ1v) is 10.3. The van der Waals surface area contributed by atoms with Gasteiger partial charge in [-0.1, -0.05) is 38.8 Å². The molecule has 2 unspecified atom stereocenters. The lowest BCUT2D eigenvalue weighted by Gasteiger charge is -2.43. The summed E-state index contributed by atoms with van der Waals surface area (Å²) in [6, 6.07) is 8.60. The fourth-order valence-electron chi connectivity index (χ4n) is 4.48. The second kappa shape index (κ2) is 9.95. The van der Waals surface area contributed by atoms with Crippen LogP contribution >= 0.6 is 12.4 Å². The summed E-state index contributed by atoms with van der Waals surface area (Å²) in [6.45, 7) is 7.58. The fraction of sp³-hybridized carbons (Fsp3) is 0.682. The van der Waals surface area contributed by atoms with Crippen LogP contribution in [-0.4, -0.2) is 55.0 Å². The monoisotopic (exact) mass is 409 g/mol. The molecule has 0 spiro atoms. The fourth-order valence-corrected chi connectivity index (χ4v) is 4.48. The number of likely N-dealkylation sites (tertiary alicyclic amines) is 2. The average molecular weight is 410 g/mol. The molecule has 0 bridgehead atoms. The Morgan fingerprint density at radius 3 is 2.50 bits per heavy atom. The molecule has 2 saturated heterocycles. The van der Waals surface area contributed by atoms with Crippen molar-refractivity contribution in [3.05, 3.63) is 29.8 Å². The van der Waals surface area contributed by atoms with Crippen LogP contribution in [-0.2, 0) is 4.79 Å². The van der Waals surface area contributed by atoms with Gasteiger partial charge in [0.05, 0.1) is 19.7 Å². The normalized spacial score (nSPS) is 25.5. The van der Waals surface area contributed by atoms with E-state index in [2.05, 4.69) is 35.8 Å². The number of nitrogens with zero attached hydrogens (tertiary/aromatic N) is 2. The SMILES string of the molecule is COc1ccc(C2CCCCCN2C(=O)CN2CCC(N)C(C)(C)C2)cc1.Cl. The summed E-state index contributed by atoms with van der Waals surface area (Å²) >= 11 is 0. The van der Waals surface area contributed by atoms with Gasteiger partial charge in [0.25, 0.3) is 0 Å². The van der Waals surface area contributed by atoms with E-state index in [1.54, 1.807) is 7.11 Å². The van der Waals surface area contributed by atoms with Gasteiger partial charge in [0, 0.05) is 25.7 Å². The third kappa shape index (κ3) is 5.40. The van der Waals surface area contributed by atoms with E-state index in [1.807, 2.05) is 12.1 Å². The molecule has 1 amide bonds. The van der Waals surface area contributed by atoms with Crippen LogP contribution in [0.25, 0.3) is 0 Å². The first kappa shape index (κ1) is 23.0. The quantitative estimate of drug-likeness (QED) is 0.825. The number of hydrogen-bond acceptors (Lipinski definition) is 4. The maximum Gasteiger partial charge on any atom is 0.237 e. The first-order chi connectivity index (χ1) is 12.9. The molecule has 2 aliphatic rings. The van der Waals surface area contributed by atoms with Gasteiger partial charge >= 0.3 is 0 Å². The molecule has 6 heteroatoms. The molecule has 158 valence electrons. The van der Waals surface area contributed by atoms with E-state index in [9.17, 15) is 4.79 Å². The van der Waals surface area contributed by atoms with Crippen molar-refractivity contribution < 1.29 is 9.53 Å². The Morgan fingerprint density at radius 2 is 1.86 bits per heavy atom. The summed E-state index contributed by atoms with van der Waals surface area (Å²) in [5, 5.41) is 0. The van der Waals surface area contributed by atoms with Gasteiger partial charge in [-0.15, -0.1) is 12.4 Å². The van der Waals surface area contributed by atoms with Gasteiger partial charge in [-0.3, -0.25) is 9.69 Å². The Bertz CT molecular complexity index is 635. The maximum atomic E-state index is 13.2. The van der Waals surface area contributed by atoms with Gasteiger partial charge < -0.3 is 15.4 Å². The summed E-state index contributed by atoms with van der Waals surface area (Å²) < 4.78 is 5.29. The minimum absolute atomic E-state index is 0. The molecule has 28 heavy (non-hydrogen) atoms. The lowest BCUT2D eigenvalue weighted by atomic mass is 9.80. The molecular formula is C22H36ClN3O2. The number of rotatable bonds is 4. The molecule has 0 aliphatic carbocycles. The molecule has 1 aromatic rings. The predicted molar refractivity (Wildman–Crippen MR) is 116 cm³/mol. The van der Waals surface area contributed by atoms with Crippen molar-refractivity contribution in [3.63, 3.8) is 0 Å². The van der Waals surface area contributed by atoms with Gasteiger partial charge in [0.1, 0.15) is 5.75 Å². The molecule has 2 fully saturated rings. The molecule has 1 aromatic carbocycles. The van der Waals surface area contributed by atoms with E-state index in [0.717, 1.165) is 44.6 Å². The number of piperidine rings is 1. The number of nitrogens with two attached hydrogens (primary N) is 1. The zero-order chi connectivity index (χ0) is 19.4. The van der Waals surface area contributed by atoms with E-state index in [-0.39, 0.29) is 35.8 Å². The molecule has 2 N–H and O–H groups in total. The third-order valence-electron chi connectivity index (χ3n) is 6.32. The molecule has 0 radical (unpaired) electrons. The predicted octanol–water partition coefficient (Wildman–Crippen LogP) is 3.62. The lowest BCUT2D eigenvalue weighted by Crippen LogP contribution is -2.54. The van der Waals surface area contributed by atoms with Crippen molar-refractivity contribution >= 4 is 18.3 Å². The summed E-state index contributed by atoms with van der Waals surface area (Å²) in [7, 11) is 1.68. The molecule has 5 nitrogen and oxygen atoms in total. The summed E-state index contributed by atoms with van der Waals surface area (Å²) in [5.74, 6) is 1.11. The smallest absolute Gasteiger partial charge is 0.237 e. The number of carbonyl (C=O) groups is 1. The largest absolute Gasteiger partial charge is 0.497 e. The second-order valence-corrected chi connectivity index (χ2v) is 8.82. The summed E-state index contributed by atoms with van der Waals surface area (Å²) in [4.78, 5) is 17.7. The van der Waals surface area contributed by atoms with E-state index in [4.69, 9.17) is 10.5 Å². The Labute approximate surface area is 176 Å². The van der Waals surface area contributed by atoms with Crippen LogP contribution < -0.4 is 10.5 Å². The van der Waals surface area contributed by atoms with Crippen LogP contribution in [0.3, 0.4) is 0 Å². The van der Waals surface area contributed by atoms with Crippen LogP contribution in [0, 0.1) is 5.41 Å². The highest BCUT2D eigenvalue weighted by Gasteiger charge is 2.35. The van der Waals surface area contributed by atoms with E-state index >= 15 is 0 Å². The zero-order valence-electron chi connectivity index (χ0n) is 17.5. The van der Waals surface area contributed by atoms with Crippen LogP contribution in [0.5, 0.6) is 5.75 Å². The lowest BCUT2D eigenvalue weighted by molar-refractivity contribution is -0.135. The Morgan fingerprint density at radius 1 is 1.14 bits per heavy atom. The molecule has 0 saturated carbocycles. The highest BCUT2D eigenvalue weighted by atomic mass is 35.5. The molecule has 2 heterocycles. The van der Waals surface area contributed by atoms with Gasteiger partial charge in [0.15, 0.2) is 0 Å². The molecule has 3 rings (SSSR count). The highest BCUT2D eigenvalue weighted by Crippen LogP contribution is 2.32. The zero-order valence-corrected chi connectivity index (χ0v) is 18.3. The second-order valence-electron chi connectivity index (χ2n) is 8.82. The Hall–Kier alpha value is -1.30. The number of ether oxygens (including phenoxy) is 1. The van der Waals surface area contributed by atoms with Crippen molar-refractivity contribution in [2.45, 2.75) is 58.0 Å². The summed E-state index contributed by atoms with van der Waals surface area (Å²) in [5.41, 5.74) is 7.54. The standard InChI is InChI=1S/C22H35N3O2.ClH/c1-22(2)16-24(14-12-20(22)23)15-21(26)25-13-6-4-5-7-19(25)17-8-10-18(27-3)11-9-17;/h8-11,19-20H,4-7,12-16,23H2,1-3H3;1H. The van der Waals surface area contributed by atoms with Crippen molar-refractivity contribution in [3.8, 4) is 5.75 Å². The van der Waals surface area contributed by atoms with Crippen molar-refractivity contribution in [2.75, 3.05) is 33.3 Å². The van der Waals surface area contributed by atoms with Gasteiger partial charge in [0.2, 0.25) is 5.91 Å². The van der Waals surface area contributed by atoms with Gasteiger partial charge in [-0.2, -0.15) is 0 Å². The van der Waals surface area contributed by atoms with Crippen LogP contribution in [0.1, 0.15) is 57.6 Å². The number of benzene rings is 1. The number of amides is 1. The van der Waals surface area contributed by atoms with Crippen molar-refractivity contribution in [1.82, 2.24) is 9.80 Å². The number of carbonyl (C=O) groups excluding carboxylic acids is 1. The van der Waals surface area contributed by atoms with Crippen molar-refractivity contribution in [2.24, 2.45) is 11.1 Å². The number of methoxy groups -OCH3 is 1. The van der Waals surface area contributed by atoms with Gasteiger partial charge in [-0.25, -0.2) is 0 Å².